The molecule has 23 heavy (non-hydrogen) atoms. The van der Waals surface area contributed by atoms with Crippen LogP contribution in [0.1, 0.15) is 50.2 Å². The predicted octanol–water partition coefficient (Wildman–Crippen LogP) is 3.37. The summed E-state index contributed by atoms with van der Waals surface area (Å²) in [5.74, 6) is 0. The van der Waals surface area contributed by atoms with Crippen LogP contribution in [-0.4, -0.2) is 43.3 Å². The summed E-state index contributed by atoms with van der Waals surface area (Å²) in [6, 6.07) is 9.05. The lowest BCUT2D eigenvalue weighted by Crippen LogP contribution is -2.59. The third-order valence-corrected chi connectivity index (χ3v) is 5.66. The van der Waals surface area contributed by atoms with Gasteiger partial charge in [0.05, 0.1) is 0 Å². The lowest BCUT2D eigenvalue weighted by molar-refractivity contribution is -0.0358. The number of rotatable bonds is 6. The molecule has 2 saturated heterocycles. The van der Waals surface area contributed by atoms with Crippen molar-refractivity contribution in [3.8, 4) is 0 Å². The van der Waals surface area contributed by atoms with Gasteiger partial charge in [0.25, 0.3) is 0 Å². The first-order valence-electron chi connectivity index (χ1n) is 9.44. The number of hydrogen-bond acceptors (Lipinski definition) is 3. The monoisotopic (exact) mass is 316 g/mol. The Hall–Kier alpha value is -0.900. The van der Waals surface area contributed by atoms with Crippen molar-refractivity contribution in [1.29, 1.82) is 0 Å². The van der Waals surface area contributed by atoms with Gasteiger partial charge in [-0.1, -0.05) is 37.6 Å². The van der Waals surface area contributed by atoms with Crippen molar-refractivity contribution in [3.63, 3.8) is 0 Å². The number of likely N-dealkylation sites (tertiary alicyclic amines) is 1. The van der Waals surface area contributed by atoms with Crippen LogP contribution in [0.3, 0.4) is 0 Å². The van der Waals surface area contributed by atoms with Gasteiger partial charge in [-0.25, -0.2) is 0 Å². The lowest BCUT2D eigenvalue weighted by atomic mass is 9.86. The molecule has 2 fully saturated rings. The van der Waals surface area contributed by atoms with Crippen LogP contribution in [-0.2, 0) is 17.7 Å². The van der Waals surface area contributed by atoms with Crippen LogP contribution in [0.2, 0.25) is 0 Å². The van der Waals surface area contributed by atoms with Crippen molar-refractivity contribution in [2.24, 2.45) is 0 Å². The molecule has 0 spiro atoms. The molecule has 0 radical (unpaired) electrons. The molecular weight excluding hydrogens is 284 g/mol. The van der Waals surface area contributed by atoms with E-state index >= 15 is 0 Å². The van der Waals surface area contributed by atoms with Gasteiger partial charge in [-0.15, -0.1) is 0 Å². The molecule has 0 amide bonds. The molecule has 0 bridgehead atoms. The van der Waals surface area contributed by atoms with Crippen molar-refractivity contribution in [2.75, 3.05) is 32.8 Å². The molecule has 2 heterocycles. The molecule has 1 aromatic rings. The van der Waals surface area contributed by atoms with E-state index in [1.165, 1.54) is 56.3 Å². The fourth-order valence-electron chi connectivity index (χ4n) is 4.06. The molecule has 128 valence electrons. The maximum Gasteiger partial charge on any atom is 0.0484 e. The van der Waals surface area contributed by atoms with Gasteiger partial charge in [-0.2, -0.15) is 0 Å². The highest BCUT2D eigenvalue weighted by Crippen LogP contribution is 2.30. The number of nitrogens with zero attached hydrogens (tertiary/aromatic N) is 1. The Bertz CT molecular complexity index is 459. The third-order valence-electron chi connectivity index (χ3n) is 5.66. The smallest absolute Gasteiger partial charge is 0.0484 e. The average Bonchev–Trinajstić information content (AvgIpc) is 2.64. The molecule has 0 aromatic heterocycles. The van der Waals surface area contributed by atoms with Crippen LogP contribution in [0.15, 0.2) is 24.3 Å². The van der Waals surface area contributed by atoms with E-state index in [-0.39, 0.29) is 0 Å². The van der Waals surface area contributed by atoms with E-state index in [0.717, 1.165) is 32.7 Å². The van der Waals surface area contributed by atoms with E-state index in [9.17, 15) is 0 Å². The second-order valence-corrected chi connectivity index (χ2v) is 7.16. The van der Waals surface area contributed by atoms with Crippen molar-refractivity contribution in [2.45, 2.75) is 57.5 Å². The maximum absolute atomic E-state index is 5.65. The zero-order valence-electron chi connectivity index (χ0n) is 14.7. The maximum atomic E-state index is 5.65. The highest BCUT2D eigenvalue weighted by molar-refractivity contribution is 5.22. The summed E-state index contributed by atoms with van der Waals surface area (Å²) in [7, 11) is 0. The van der Waals surface area contributed by atoms with Gasteiger partial charge in [0.15, 0.2) is 0 Å². The molecule has 3 heteroatoms. The Morgan fingerprint density at radius 1 is 1.00 bits per heavy atom. The van der Waals surface area contributed by atoms with Gasteiger partial charge in [0.2, 0.25) is 0 Å². The Balaban J connectivity index is 1.57. The van der Waals surface area contributed by atoms with E-state index < -0.39 is 0 Å². The van der Waals surface area contributed by atoms with Crippen LogP contribution >= 0.6 is 0 Å². The lowest BCUT2D eigenvalue weighted by Gasteiger charge is -2.48. The van der Waals surface area contributed by atoms with Crippen LogP contribution < -0.4 is 5.32 Å². The topological polar surface area (TPSA) is 24.5 Å². The quantitative estimate of drug-likeness (QED) is 0.871. The Morgan fingerprint density at radius 2 is 1.65 bits per heavy atom. The summed E-state index contributed by atoms with van der Waals surface area (Å²) in [6.45, 7) is 8.65. The molecule has 1 aromatic carbocycles. The average molecular weight is 316 g/mol. The van der Waals surface area contributed by atoms with Crippen molar-refractivity contribution in [1.82, 2.24) is 10.2 Å². The number of hydrogen-bond donors (Lipinski definition) is 1. The second-order valence-electron chi connectivity index (χ2n) is 7.16. The summed E-state index contributed by atoms with van der Waals surface area (Å²) < 4.78 is 5.65. The van der Waals surface area contributed by atoms with Crippen LogP contribution in [0, 0.1) is 0 Å². The minimum Gasteiger partial charge on any atom is -0.381 e. The van der Waals surface area contributed by atoms with Gasteiger partial charge in [0.1, 0.15) is 0 Å². The second kappa shape index (κ2) is 8.27. The van der Waals surface area contributed by atoms with Gasteiger partial charge >= 0.3 is 0 Å². The molecule has 3 rings (SSSR count). The summed E-state index contributed by atoms with van der Waals surface area (Å²) >= 11 is 0. The normalized spacial score (nSPS) is 22.1. The summed E-state index contributed by atoms with van der Waals surface area (Å²) in [5, 5.41) is 3.75. The van der Waals surface area contributed by atoms with E-state index in [2.05, 4.69) is 41.4 Å². The molecule has 0 aliphatic carbocycles. The first-order chi connectivity index (χ1) is 11.3. The Morgan fingerprint density at radius 3 is 2.30 bits per heavy atom. The summed E-state index contributed by atoms with van der Waals surface area (Å²) in [4.78, 5) is 2.76. The van der Waals surface area contributed by atoms with Gasteiger partial charge in [-0.3, -0.25) is 4.90 Å². The van der Waals surface area contributed by atoms with Crippen molar-refractivity contribution >= 4 is 0 Å². The third kappa shape index (κ3) is 4.34. The Labute approximate surface area is 141 Å². The van der Waals surface area contributed by atoms with Crippen LogP contribution in [0.4, 0.5) is 0 Å². The fourth-order valence-corrected chi connectivity index (χ4v) is 4.06. The van der Waals surface area contributed by atoms with E-state index in [1.807, 2.05) is 0 Å². The van der Waals surface area contributed by atoms with Crippen molar-refractivity contribution < 1.29 is 4.74 Å². The molecule has 1 N–H and O–H groups in total. The molecule has 0 saturated carbocycles. The molecule has 3 nitrogen and oxygen atoms in total. The van der Waals surface area contributed by atoms with Crippen molar-refractivity contribution in [3.05, 3.63) is 35.4 Å². The van der Waals surface area contributed by atoms with E-state index in [0.29, 0.717) is 5.54 Å². The zero-order valence-corrected chi connectivity index (χ0v) is 14.7. The number of benzene rings is 1. The van der Waals surface area contributed by atoms with Crippen LogP contribution in [0.5, 0.6) is 0 Å². The highest BCUT2D eigenvalue weighted by atomic mass is 16.5. The highest BCUT2D eigenvalue weighted by Gasteiger charge is 2.38. The van der Waals surface area contributed by atoms with Gasteiger partial charge in [-0.05, 0) is 56.3 Å². The van der Waals surface area contributed by atoms with Gasteiger partial charge < -0.3 is 10.1 Å². The molecule has 0 unspecified atom stereocenters. The fraction of sp³-hybridized carbons (Fsp3) is 0.700. The number of ether oxygens (including phenoxy) is 1. The molecular formula is C20H32N2O. The Kier molecular flexibility index (Phi) is 6.09. The van der Waals surface area contributed by atoms with Gasteiger partial charge in [0, 0.05) is 31.8 Å². The van der Waals surface area contributed by atoms with E-state index in [1.54, 1.807) is 0 Å². The standard InChI is InChI=1S/C20H32N2O/c1-2-18-6-8-19(9-7-18)16-21-17-20(10-14-23-15-11-20)22-12-4-3-5-13-22/h6-9,21H,2-5,10-17H2,1H3. The first-order valence-corrected chi connectivity index (χ1v) is 9.44. The minimum absolute atomic E-state index is 0.321. The summed E-state index contributed by atoms with van der Waals surface area (Å²) in [5.41, 5.74) is 3.13. The molecule has 2 aliphatic rings. The predicted molar refractivity (Wildman–Crippen MR) is 95.7 cm³/mol. The molecule has 2 aliphatic heterocycles. The minimum atomic E-state index is 0.321. The SMILES string of the molecule is CCc1ccc(CNCC2(N3CCCCC3)CCOCC2)cc1. The summed E-state index contributed by atoms with van der Waals surface area (Å²) in [6.07, 6.45) is 7.60. The number of nitrogens with one attached hydrogen (secondary N) is 1. The van der Waals surface area contributed by atoms with Crippen LogP contribution in [0.25, 0.3) is 0 Å². The van der Waals surface area contributed by atoms with E-state index in [4.69, 9.17) is 4.74 Å². The number of aryl methyl sites for hydroxylation is 1. The molecule has 0 atom stereocenters. The zero-order chi connectivity index (χ0) is 16.0. The first kappa shape index (κ1) is 16.9. The number of piperidine rings is 1. The largest absolute Gasteiger partial charge is 0.381 e.